The Bertz CT molecular complexity index is 1050. The number of halogens is 1. The Labute approximate surface area is 179 Å². The maximum atomic E-state index is 13.3. The van der Waals surface area contributed by atoms with Crippen molar-refractivity contribution in [2.45, 2.75) is 43.6 Å². The second kappa shape index (κ2) is 8.08. The van der Waals surface area contributed by atoms with Gasteiger partial charge >= 0.3 is 0 Å². The van der Waals surface area contributed by atoms with Gasteiger partial charge in [-0.05, 0) is 43.2 Å². The van der Waals surface area contributed by atoms with Gasteiger partial charge in [-0.15, -0.1) is 10.2 Å². The van der Waals surface area contributed by atoms with Crippen LogP contribution in [-0.4, -0.2) is 26.0 Å². The minimum atomic E-state index is -0.418. The summed E-state index contributed by atoms with van der Waals surface area (Å²) in [5, 5.41) is 12.5. The molecule has 29 heavy (non-hydrogen) atoms. The first kappa shape index (κ1) is 19.8. The van der Waals surface area contributed by atoms with Crippen molar-refractivity contribution >= 4 is 35.0 Å². The topological polar surface area (TPSA) is 71.8 Å². The zero-order chi connectivity index (χ0) is 20.5. The molecule has 2 N–H and O–H groups in total. The van der Waals surface area contributed by atoms with E-state index in [2.05, 4.69) is 27.0 Å². The minimum Gasteiger partial charge on any atom is -0.325 e. The highest BCUT2D eigenvalue weighted by molar-refractivity contribution is 8.00. The van der Waals surface area contributed by atoms with Crippen LogP contribution in [0.15, 0.2) is 47.6 Å². The molecule has 2 atom stereocenters. The van der Waals surface area contributed by atoms with Crippen molar-refractivity contribution in [1.29, 1.82) is 0 Å². The zero-order valence-electron chi connectivity index (χ0n) is 16.4. The highest BCUT2D eigenvalue weighted by atomic mass is 35.5. The van der Waals surface area contributed by atoms with Gasteiger partial charge in [0.1, 0.15) is 5.25 Å². The first-order valence-corrected chi connectivity index (χ1v) is 10.7. The summed E-state index contributed by atoms with van der Waals surface area (Å²) in [6.07, 6.45) is 0.743. The summed E-state index contributed by atoms with van der Waals surface area (Å²) >= 11 is 7.49. The van der Waals surface area contributed by atoms with Crippen LogP contribution in [0, 0.1) is 13.8 Å². The molecule has 0 spiro atoms. The van der Waals surface area contributed by atoms with E-state index in [1.807, 2.05) is 61.8 Å². The lowest BCUT2D eigenvalue weighted by atomic mass is 10.0. The monoisotopic (exact) mass is 427 g/mol. The number of aryl methyl sites for hydroxylation is 3. The maximum Gasteiger partial charge on any atom is 0.240 e. The van der Waals surface area contributed by atoms with Crippen LogP contribution >= 0.6 is 23.4 Å². The van der Waals surface area contributed by atoms with Crippen molar-refractivity contribution < 1.29 is 4.79 Å². The smallest absolute Gasteiger partial charge is 0.240 e. The minimum absolute atomic E-state index is 0.0818. The van der Waals surface area contributed by atoms with Crippen molar-refractivity contribution in [1.82, 2.24) is 14.9 Å². The number of thioether (sulfide) groups is 1. The molecule has 2 heterocycles. The molecule has 0 radical (unpaired) electrons. The molecule has 3 aromatic rings. The first-order valence-electron chi connectivity index (χ1n) is 9.47. The maximum absolute atomic E-state index is 13.3. The molecule has 0 aliphatic carbocycles. The van der Waals surface area contributed by atoms with Crippen LogP contribution in [0.5, 0.6) is 0 Å². The highest BCUT2D eigenvalue weighted by Crippen LogP contribution is 2.38. The summed E-state index contributed by atoms with van der Waals surface area (Å²) in [4.78, 5) is 13.3. The molecule has 4 rings (SSSR count). The van der Waals surface area contributed by atoms with Crippen molar-refractivity contribution in [3.05, 3.63) is 70.0 Å². The number of hydrogen-bond donors (Lipinski definition) is 2. The van der Waals surface area contributed by atoms with Crippen LogP contribution in [0.2, 0.25) is 5.02 Å². The van der Waals surface area contributed by atoms with E-state index in [4.69, 9.17) is 11.6 Å². The van der Waals surface area contributed by atoms with Gasteiger partial charge in [-0.2, -0.15) is 0 Å². The van der Waals surface area contributed by atoms with Crippen LogP contribution in [0.3, 0.4) is 0 Å². The fraction of sp³-hybridized carbons (Fsp3) is 0.286. The van der Waals surface area contributed by atoms with Gasteiger partial charge in [-0.3, -0.25) is 4.79 Å². The molecular formula is C21H22ClN5OS. The number of amides is 1. The third-order valence-corrected chi connectivity index (χ3v) is 6.41. The summed E-state index contributed by atoms with van der Waals surface area (Å²) in [6, 6.07) is 13.3. The molecule has 0 bridgehead atoms. The normalized spacial score (nSPS) is 18.1. The largest absolute Gasteiger partial charge is 0.325 e. The molecule has 1 amide bonds. The molecule has 0 saturated heterocycles. The lowest BCUT2D eigenvalue weighted by molar-refractivity contribution is -0.116. The van der Waals surface area contributed by atoms with Gasteiger partial charge in [0.25, 0.3) is 0 Å². The molecular weight excluding hydrogens is 406 g/mol. The number of nitrogens with zero attached hydrogens (tertiary/aromatic N) is 3. The van der Waals surface area contributed by atoms with E-state index in [-0.39, 0.29) is 11.9 Å². The Morgan fingerprint density at radius 3 is 2.66 bits per heavy atom. The van der Waals surface area contributed by atoms with Crippen LogP contribution < -0.4 is 10.7 Å². The molecule has 2 aromatic carbocycles. The van der Waals surface area contributed by atoms with Gasteiger partial charge in [0.15, 0.2) is 5.82 Å². The van der Waals surface area contributed by atoms with Gasteiger partial charge in [-0.25, -0.2) is 4.68 Å². The molecule has 0 fully saturated rings. The van der Waals surface area contributed by atoms with E-state index in [9.17, 15) is 4.79 Å². The molecule has 8 heteroatoms. The average molecular weight is 428 g/mol. The van der Waals surface area contributed by atoms with Gasteiger partial charge in [-0.1, -0.05) is 60.1 Å². The van der Waals surface area contributed by atoms with E-state index in [1.165, 1.54) is 11.8 Å². The zero-order valence-corrected chi connectivity index (χ0v) is 18.0. The third-order valence-electron chi connectivity index (χ3n) is 4.95. The molecule has 0 saturated carbocycles. The predicted molar refractivity (Wildman–Crippen MR) is 117 cm³/mol. The molecule has 150 valence electrons. The van der Waals surface area contributed by atoms with Gasteiger partial charge in [0, 0.05) is 17.1 Å². The second-order valence-corrected chi connectivity index (χ2v) is 8.64. The van der Waals surface area contributed by atoms with Crippen molar-refractivity contribution in [2.24, 2.45) is 0 Å². The van der Waals surface area contributed by atoms with Crippen LogP contribution in [-0.2, 0) is 11.2 Å². The third kappa shape index (κ3) is 3.97. The Kier molecular flexibility index (Phi) is 5.52. The average Bonchev–Trinajstić information content (AvgIpc) is 3.12. The number of benzene rings is 2. The predicted octanol–water partition coefficient (Wildman–Crippen LogP) is 4.51. The Balaban J connectivity index is 1.67. The molecule has 6 nitrogen and oxygen atoms in total. The van der Waals surface area contributed by atoms with Crippen LogP contribution in [0.4, 0.5) is 5.69 Å². The summed E-state index contributed by atoms with van der Waals surface area (Å²) in [6.45, 7) is 6.06. The summed E-state index contributed by atoms with van der Waals surface area (Å²) < 4.78 is 1.88. The quantitative estimate of drug-likeness (QED) is 0.641. The van der Waals surface area contributed by atoms with E-state index in [0.29, 0.717) is 10.2 Å². The Morgan fingerprint density at radius 2 is 1.97 bits per heavy atom. The van der Waals surface area contributed by atoms with Crippen LogP contribution in [0.25, 0.3) is 0 Å². The molecule has 1 aromatic heterocycles. The number of aromatic nitrogens is 3. The summed E-state index contributed by atoms with van der Waals surface area (Å²) in [5.74, 6) is 0.751. The van der Waals surface area contributed by atoms with Gasteiger partial charge in [0.05, 0.1) is 6.04 Å². The van der Waals surface area contributed by atoms with Crippen molar-refractivity contribution in [2.75, 3.05) is 10.7 Å². The van der Waals surface area contributed by atoms with E-state index >= 15 is 0 Å². The Hall–Kier alpha value is -2.51. The number of carbonyl (C=O) groups excluding carboxylic acids is 1. The second-order valence-electron chi connectivity index (χ2n) is 7.09. The lowest BCUT2D eigenvalue weighted by Crippen LogP contribution is -2.41. The number of fused-ring (bicyclic) bond motifs is 1. The first-order chi connectivity index (χ1) is 14.0. The molecule has 1 aliphatic heterocycles. The number of nitrogens with one attached hydrogen (secondary N) is 2. The fourth-order valence-corrected chi connectivity index (χ4v) is 4.63. The van der Waals surface area contributed by atoms with E-state index in [1.54, 1.807) is 0 Å². The summed E-state index contributed by atoms with van der Waals surface area (Å²) in [7, 11) is 0. The Morgan fingerprint density at radius 1 is 1.21 bits per heavy atom. The van der Waals surface area contributed by atoms with Gasteiger partial charge < -0.3 is 10.7 Å². The van der Waals surface area contributed by atoms with Crippen molar-refractivity contribution in [3.8, 4) is 0 Å². The molecule has 1 aliphatic rings. The van der Waals surface area contributed by atoms with Crippen molar-refractivity contribution in [3.63, 3.8) is 0 Å². The summed E-state index contributed by atoms with van der Waals surface area (Å²) in [5.41, 5.74) is 7.43. The van der Waals surface area contributed by atoms with E-state index < -0.39 is 5.25 Å². The highest BCUT2D eigenvalue weighted by Gasteiger charge is 2.37. The number of anilines is 1. The number of carbonyl (C=O) groups is 1. The number of hydrogen-bond acceptors (Lipinski definition) is 5. The standard InChI is InChI=1S/C21H22ClN5OS/c1-4-17-24-25-21-27(17)26-18(14-6-8-15(22)9-7-14)19(29-21)20(28)23-16-10-5-12(2)11-13(16)3/h5-11,18-19,26H,4H2,1-3H3,(H,23,28)/t18-,19-/m1/s1. The van der Waals surface area contributed by atoms with Gasteiger partial charge in [0.2, 0.25) is 11.1 Å². The van der Waals surface area contributed by atoms with Crippen LogP contribution in [0.1, 0.15) is 35.5 Å². The fourth-order valence-electron chi connectivity index (χ4n) is 3.41. The molecule has 0 unspecified atom stereocenters. The SMILES string of the molecule is CCc1nnc2n1N[C@H](c1ccc(Cl)cc1)[C@H](C(=O)Nc1ccc(C)cc1C)S2. The lowest BCUT2D eigenvalue weighted by Gasteiger charge is -2.33. The number of rotatable bonds is 4. The van der Waals surface area contributed by atoms with E-state index in [0.717, 1.165) is 34.6 Å².